The third-order valence-electron chi connectivity index (χ3n) is 5.89. The molecule has 0 fully saturated rings. The molecule has 2 amide bonds. The summed E-state index contributed by atoms with van der Waals surface area (Å²) in [7, 11) is 0. The molecule has 236 valence electrons. The molecule has 47 heavy (non-hydrogen) atoms. The molecule has 4 aromatic carbocycles. The number of carbonyl (C=O) groups is 4. The highest BCUT2D eigenvalue weighted by Gasteiger charge is 2.13. The number of esters is 2. The lowest BCUT2D eigenvalue weighted by Gasteiger charge is -2.05. The smallest absolute Gasteiger partial charge is 0.343 e. The van der Waals surface area contributed by atoms with Gasteiger partial charge in [0.05, 0.1) is 33.4 Å². The van der Waals surface area contributed by atoms with E-state index in [0.29, 0.717) is 11.1 Å². The fraction of sp³-hybridized carbons (Fsp3) is 0.0323. The number of hydrogen-bond donors (Lipinski definition) is 2. The zero-order valence-corrected chi connectivity index (χ0v) is 24.0. The van der Waals surface area contributed by atoms with Gasteiger partial charge in [0.2, 0.25) is 11.8 Å². The van der Waals surface area contributed by atoms with Crippen molar-refractivity contribution < 1.29 is 38.5 Å². The average molecular weight is 639 g/mol. The van der Waals surface area contributed by atoms with Crippen molar-refractivity contribution in [1.29, 1.82) is 0 Å². The molecule has 0 spiro atoms. The fourth-order valence-electron chi connectivity index (χ4n) is 3.67. The number of nitrogens with one attached hydrogen (secondary N) is 2. The molecule has 16 nitrogen and oxygen atoms in total. The largest absolute Gasteiger partial charge is 0.423 e. The van der Waals surface area contributed by atoms with Gasteiger partial charge in [-0.25, -0.2) is 20.4 Å². The quantitative estimate of drug-likeness (QED) is 0.0568. The molecule has 4 rings (SSSR count). The first kappa shape index (κ1) is 32.8. The highest BCUT2D eigenvalue weighted by molar-refractivity contribution is 5.97. The summed E-state index contributed by atoms with van der Waals surface area (Å²) in [5.41, 5.74) is 5.18. The molecule has 0 heterocycles. The summed E-state index contributed by atoms with van der Waals surface area (Å²) in [6, 6.07) is 22.1. The molecule has 0 bridgehead atoms. The summed E-state index contributed by atoms with van der Waals surface area (Å²) >= 11 is 0. The van der Waals surface area contributed by atoms with Crippen LogP contribution in [0.25, 0.3) is 0 Å². The molecule has 0 aliphatic rings. The van der Waals surface area contributed by atoms with E-state index in [1.54, 1.807) is 24.3 Å². The van der Waals surface area contributed by atoms with Crippen LogP contribution < -0.4 is 20.3 Å². The van der Waals surface area contributed by atoms with Crippen LogP contribution in [-0.4, -0.2) is 46.0 Å². The lowest BCUT2D eigenvalue weighted by molar-refractivity contribution is -0.385. The van der Waals surface area contributed by atoms with E-state index >= 15 is 0 Å². The van der Waals surface area contributed by atoms with Crippen molar-refractivity contribution in [2.45, 2.75) is 6.42 Å². The molecule has 0 saturated carbocycles. The highest BCUT2D eigenvalue weighted by Crippen LogP contribution is 2.18. The van der Waals surface area contributed by atoms with Crippen LogP contribution in [0.5, 0.6) is 11.5 Å². The molecular weight excluding hydrogens is 616 g/mol. The number of amides is 2. The Morgan fingerprint density at radius 1 is 0.617 bits per heavy atom. The van der Waals surface area contributed by atoms with Gasteiger partial charge in [0.1, 0.15) is 17.9 Å². The van der Waals surface area contributed by atoms with E-state index in [2.05, 4.69) is 21.1 Å². The lowest BCUT2D eigenvalue weighted by Crippen LogP contribution is -2.27. The molecule has 4 aromatic rings. The Bertz CT molecular complexity index is 1750. The summed E-state index contributed by atoms with van der Waals surface area (Å²) in [6.07, 6.45) is 1.92. The van der Waals surface area contributed by atoms with E-state index < -0.39 is 40.0 Å². The van der Waals surface area contributed by atoms with Crippen LogP contribution in [0.4, 0.5) is 11.4 Å². The highest BCUT2D eigenvalue weighted by atomic mass is 16.6. The number of nitro benzene ring substituents is 2. The number of rotatable bonds is 12. The number of hydrogen-bond acceptors (Lipinski definition) is 12. The van der Waals surface area contributed by atoms with Crippen LogP contribution in [0.3, 0.4) is 0 Å². The number of ether oxygens (including phenoxy) is 2. The van der Waals surface area contributed by atoms with E-state index in [1.807, 2.05) is 0 Å². The van der Waals surface area contributed by atoms with E-state index in [9.17, 15) is 39.4 Å². The Kier molecular flexibility index (Phi) is 10.9. The topological polar surface area (TPSA) is 222 Å². The summed E-state index contributed by atoms with van der Waals surface area (Å²) in [5.74, 6) is -2.62. The van der Waals surface area contributed by atoms with Gasteiger partial charge in [-0.05, 0) is 59.7 Å². The Hall–Kier alpha value is -7.10. The van der Waals surface area contributed by atoms with Crippen molar-refractivity contribution >= 4 is 47.6 Å². The number of nitrogens with zero attached hydrogens (tertiary/aromatic N) is 4. The number of carbonyl (C=O) groups excluding carboxylic acids is 4. The Morgan fingerprint density at radius 3 is 1.36 bits per heavy atom. The maximum Gasteiger partial charge on any atom is 0.343 e. The zero-order valence-electron chi connectivity index (χ0n) is 24.0. The number of hydrazone groups is 2. The summed E-state index contributed by atoms with van der Waals surface area (Å²) in [5, 5.41) is 29.1. The van der Waals surface area contributed by atoms with Crippen molar-refractivity contribution in [3.63, 3.8) is 0 Å². The van der Waals surface area contributed by atoms with Crippen LogP contribution >= 0.6 is 0 Å². The summed E-state index contributed by atoms with van der Waals surface area (Å²) in [4.78, 5) is 69.2. The van der Waals surface area contributed by atoms with Gasteiger partial charge in [-0.15, -0.1) is 0 Å². The van der Waals surface area contributed by atoms with Gasteiger partial charge in [-0.1, -0.05) is 24.3 Å². The lowest BCUT2D eigenvalue weighted by atomic mass is 10.2. The van der Waals surface area contributed by atoms with Crippen molar-refractivity contribution in [1.82, 2.24) is 10.9 Å². The predicted octanol–water partition coefficient (Wildman–Crippen LogP) is 3.93. The minimum Gasteiger partial charge on any atom is -0.423 e. The first-order chi connectivity index (χ1) is 22.6. The van der Waals surface area contributed by atoms with Crippen molar-refractivity contribution in [3.8, 4) is 11.5 Å². The Balaban J connectivity index is 1.22. The number of benzene rings is 4. The zero-order chi connectivity index (χ0) is 33.8. The monoisotopic (exact) mass is 638 g/mol. The van der Waals surface area contributed by atoms with Gasteiger partial charge >= 0.3 is 11.9 Å². The normalized spacial score (nSPS) is 10.7. The fourth-order valence-corrected chi connectivity index (χ4v) is 3.67. The predicted molar refractivity (Wildman–Crippen MR) is 165 cm³/mol. The molecule has 16 heteroatoms. The third kappa shape index (κ3) is 9.97. The van der Waals surface area contributed by atoms with Crippen LogP contribution in [-0.2, 0) is 9.59 Å². The van der Waals surface area contributed by atoms with Crippen LogP contribution in [0, 0.1) is 20.2 Å². The van der Waals surface area contributed by atoms with Gasteiger partial charge < -0.3 is 9.47 Å². The molecule has 0 unspecified atom stereocenters. The minimum atomic E-state index is -0.741. The third-order valence-corrected chi connectivity index (χ3v) is 5.89. The first-order valence-electron chi connectivity index (χ1n) is 13.3. The molecule has 0 aliphatic heterocycles. The molecule has 2 N–H and O–H groups in total. The molecule has 0 atom stereocenters. The number of nitro groups is 2. The summed E-state index contributed by atoms with van der Waals surface area (Å²) < 4.78 is 10.6. The molecule has 0 aliphatic carbocycles. The van der Waals surface area contributed by atoms with Gasteiger partial charge in [-0.3, -0.25) is 29.8 Å². The van der Waals surface area contributed by atoms with Crippen LogP contribution in [0.15, 0.2) is 107 Å². The maximum atomic E-state index is 12.3. The molecule has 0 aromatic heterocycles. The molecular formula is C31H22N6O10. The second-order valence-electron chi connectivity index (χ2n) is 9.30. The molecule has 0 saturated heterocycles. The first-order valence-corrected chi connectivity index (χ1v) is 13.3. The van der Waals surface area contributed by atoms with Crippen LogP contribution in [0.2, 0.25) is 0 Å². The SMILES string of the molecule is O=C(CC(=O)NN=Cc1cccc(OC(=O)c2ccc([N+](=O)[O-])cc2)c1)NN=Cc1cccc(OC(=O)c2ccc([N+](=O)[O-])cc2)c1. The van der Waals surface area contributed by atoms with E-state index in [1.165, 1.54) is 85.2 Å². The maximum absolute atomic E-state index is 12.3. The second-order valence-corrected chi connectivity index (χ2v) is 9.30. The van der Waals surface area contributed by atoms with Gasteiger partial charge in [0, 0.05) is 24.3 Å². The average Bonchev–Trinajstić information content (AvgIpc) is 3.05. The van der Waals surface area contributed by atoms with E-state index in [0.717, 1.165) is 0 Å². The van der Waals surface area contributed by atoms with Gasteiger partial charge in [0.25, 0.3) is 11.4 Å². The second kappa shape index (κ2) is 15.6. The summed E-state index contributed by atoms with van der Waals surface area (Å²) in [6.45, 7) is 0. The molecule has 0 radical (unpaired) electrons. The number of non-ortho nitro benzene ring substituents is 2. The van der Waals surface area contributed by atoms with Crippen LogP contribution in [0.1, 0.15) is 38.3 Å². The van der Waals surface area contributed by atoms with Crippen molar-refractivity contribution in [2.75, 3.05) is 0 Å². The van der Waals surface area contributed by atoms with Crippen molar-refractivity contribution in [2.24, 2.45) is 10.2 Å². The van der Waals surface area contributed by atoms with E-state index in [4.69, 9.17) is 9.47 Å². The van der Waals surface area contributed by atoms with Gasteiger partial charge in [0.15, 0.2) is 0 Å². The Morgan fingerprint density at radius 2 is 1.00 bits per heavy atom. The standard InChI is InChI=1S/C31H22N6O10/c38-28(34-32-18-20-3-1-5-26(15-20)46-30(40)22-7-11-24(12-8-22)36(42)43)17-29(39)35-33-19-21-4-2-6-27(16-21)47-31(41)23-9-13-25(14-10-23)37(44)45/h1-16,18-19H,17H2,(H,34,38)(H,35,39). The van der Waals surface area contributed by atoms with E-state index in [-0.39, 0.29) is 34.0 Å². The minimum absolute atomic E-state index is 0.111. The van der Waals surface area contributed by atoms with Crippen molar-refractivity contribution in [3.05, 3.63) is 140 Å². The van der Waals surface area contributed by atoms with Gasteiger partial charge in [-0.2, -0.15) is 10.2 Å². The Labute approximate surface area is 264 Å².